The van der Waals surface area contributed by atoms with E-state index in [-0.39, 0.29) is 17.8 Å². The molecule has 2 heterocycles. The lowest BCUT2D eigenvalue weighted by molar-refractivity contribution is -0.132. The van der Waals surface area contributed by atoms with Crippen molar-refractivity contribution in [3.8, 4) is 0 Å². The SMILES string of the molecule is O=C(CCCC(=O)N1CCCO[C@H](CN2CCCC2)C1)c1ccccc1. The molecule has 5 nitrogen and oxygen atoms in total. The van der Waals surface area contributed by atoms with E-state index < -0.39 is 0 Å². The van der Waals surface area contributed by atoms with Gasteiger partial charge in [-0.1, -0.05) is 30.3 Å². The van der Waals surface area contributed by atoms with Crippen molar-refractivity contribution in [1.29, 1.82) is 0 Å². The first-order chi connectivity index (χ1) is 12.7. The number of hydrogen-bond donors (Lipinski definition) is 0. The molecule has 0 aromatic heterocycles. The lowest BCUT2D eigenvalue weighted by atomic mass is 10.1. The summed E-state index contributed by atoms with van der Waals surface area (Å²) in [4.78, 5) is 29.1. The normalized spacial score (nSPS) is 21.5. The smallest absolute Gasteiger partial charge is 0.222 e. The largest absolute Gasteiger partial charge is 0.375 e. The summed E-state index contributed by atoms with van der Waals surface area (Å²) < 4.78 is 5.96. The lowest BCUT2D eigenvalue weighted by Gasteiger charge is -2.27. The highest BCUT2D eigenvalue weighted by Crippen LogP contribution is 2.14. The van der Waals surface area contributed by atoms with Crippen molar-refractivity contribution in [2.24, 2.45) is 0 Å². The van der Waals surface area contributed by atoms with E-state index in [1.807, 2.05) is 35.2 Å². The molecule has 3 rings (SSSR count). The van der Waals surface area contributed by atoms with Crippen molar-refractivity contribution < 1.29 is 14.3 Å². The molecule has 26 heavy (non-hydrogen) atoms. The van der Waals surface area contributed by atoms with Gasteiger partial charge in [-0.2, -0.15) is 0 Å². The quantitative estimate of drug-likeness (QED) is 0.703. The van der Waals surface area contributed by atoms with Gasteiger partial charge < -0.3 is 14.5 Å². The fourth-order valence-corrected chi connectivity index (χ4v) is 3.81. The molecule has 5 heteroatoms. The summed E-state index contributed by atoms with van der Waals surface area (Å²) >= 11 is 0. The molecule has 0 saturated carbocycles. The first kappa shape index (κ1) is 19.1. The molecule has 2 aliphatic heterocycles. The van der Waals surface area contributed by atoms with Crippen LogP contribution in [0.5, 0.6) is 0 Å². The minimum atomic E-state index is 0.115. The summed E-state index contributed by atoms with van der Waals surface area (Å²) in [5.74, 6) is 0.271. The van der Waals surface area contributed by atoms with Crippen LogP contribution in [0, 0.1) is 0 Å². The topological polar surface area (TPSA) is 49.9 Å². The molecule has 2 aliphatic rings. The van der Waals surface area contributed by atoms with Crippen LogP contribution in [-0.2, 0) is 9.53 Å². The van der Waals surface area contributed by atoms with Crippen molar-refractivity contribution in [3.63, 3.8) is 0 Å². The number of carbonyl (C=O) groups excluding carboxylic acids is 2. The van der Waals surface area contributed by atoms with Gasteiger partial charge in [0.05, 0.1) is 6.10 Å². The van der Waals surface area contributed by atoms with Gasteiger partial charge in [0.2, 0.25) is 5.91 Å². The number of likely N-dealkylation sites (tertiary alicyclic amines) is 1. The number of amides is 1. The van der Waals surface area contributed by atoms with Gasteiger partial charge in [-0.3, -0.25) is 9.59 Å². The maximum absolute atomic E-state index is 12.6. The Kier molecular flexibility index (Phi) is 7.21. The molecule has 0 unspecified atom stereocenters. The number of rotatable bonds is 7. The lowest BCUT2D eigenvalue weighted by Crippen LogP contribution is -2.41. The number of benzene rings is 1. The second kappa shape index (κ2) is 9.83. The Morgan fingerprint density at radius 2 is 1.77 bits per heavy atom. The van der Waals surface area contributed by atoms with Gasteiger partial charge in [0.15, 0.2) is 5.78 Å². The second-order valence-corrected chi connectivity index (χ2v) is 7.34. The summed E-state index contributed by atoms with van der Waals surface area (Å²) in [5.41, 5.74) is 0.730. The Morgan fingerprint density at radius 1 is 1.00 bits per heavy atom. The number of Topliss-reactive ketones (excluding diaryl/α,β-unsaturated/α-hetero) is 1. The van der Waals surface area contributed by atoms with Gasteiger partial charge in [0, 0.05) is 44.6 Å². The number of nitrogens with zero attached hydrogens (tertiary/aromatic N) is 2. The van der Waals surface area contributed by atoms with E-state index in [4.69, 9.17) is 4.74 Å². The molecule has 0 N–H and O–H groups in total. The molecular weight excluding hydrogens is 328 g/mol. The second-order valence-electron chi connectivity index (χ2n) is 7.34. The van der Waals surface area contributed by atoms with Crippen LogP contribution in [0.2, 0.25) is 0 Å². The van der Waals surface area contributed by atoms with E-state index in [0.717, 1.165) is 44.8 Å². The van der Waals surface area contributed by atoms with Crippen molar-refractivity contribution in [2.45, 2.75) is 44.6 Å². The molecule has 1 atom stereocenters. The van der Waals surface area contributed by atoms with E-state index in [2.05, 4.69) is 4.90 Å². The monoisotopic (exact) mass is 358 g/mol. The van der Waals surface area contributed by atoms with Crippen molar-refractivity contribution >= 4 is 11.7 Å². The van der Waals surface area contributed by atoms with Crippen molar-refractivity contribution in [3.05, 3.63) is 35.9 Å². The van der Waals surface area contributed by atoms with Gasteiger partial charge in [0.1, 0.15) is 0 Å². The van der Waals surface area contributed by atoms with Crippen LogP contribution in [-0.4, -0.2) is 66.9 Å². The van der Waals surface area contributed by atoms with E-state index in [9.17, 15) is 9.59 Å². The van der Waals surface area contributed by atoms with Crippen LogP contribution in [0.3, 0.4) is 0 Å². The molecule has 0 aliphatic carbocycles. The molecule has 0 radical (unpaired) electrons. The first-order valence-electron chi connectivity index (χ1n) is 9.92. The van der Waals surface area contributed by atoms with Crippen molar-refractivity contribution in [2.75, 3.05) is 39.3 Å². The van der Waals surface area contributed by atoms with Gasteiger partial charge in [-0.05, 0) is 38.8 Å². The summed E-state index contributed by atoms with van der Waals surface area (Å²) in [6.07, 6.45) is 5.03. The number of hydrogen-bond acceptors (Lipinski definition) is 4. The van der Waals surface area contributed by atoms with E-state index in [1.54, 1.807) is 0 Å². The van der Waals surface area contributed by atoms with Gasteiger partial charge in [0.25, 0.3) is 0 Å². The Labute approximate surface area is 156 Å². The molecule has 2 fully saturated rings. The minimum absolute atomic E-state index is 0.115. The number of carbonyl (C=O) groups is 2. The first-order valence-corrected chi connectivity index (χ1v) is 9.92. The summed E-state index contributed by atoms with van der Waals surface area (Å²) in [6, 6.07) is 9.31. The predicted octanol–water partition coefficient (Wildman–Crippen LogP) is 2.75. The average molecular weight is 358 g/mol. The predicted molar refractivity (Wildman–Crippen MR) is 101 cm³/mol. The highest BCUT2D eigenvalue weighted by atomic mass is 16.5. The van der Waals surface area contributed by atoms with Crippen LogP contribution >= 0.6 is 0 Å². The fraction of sp³-hybridized carbons (Fsp3) is 0.619. The minimum Gasteiger partial charge on any atom is -0.375 e. The Balaban J connectivity index is 1.43. The third-order valence-electron chi connectivity index (χ3n) is 5.25. The number of ether oxygens (including phenoxy) is 1. The van der Waals surface area contributed by atoms with Crippen LogP contribution in [0.1, 0.15) is 48.9 Å². The molecule has 1 amide bonds. The zero-order valence-electron chi connectivity index (χ0n) is 15.6. The Hall–Kier alpha value is -1.72. The molecule has 2 saturated heterocycles. The molecular formula is C21H30N2O3. The van der Waals surface area contributed by atoms with E-state index in [1.165, 1.54) is 12.8 Å². The Bertz CT molecular complexity index is 584. The van der Waals surface area contributed by atoms with Gasteiger partial charge >= 0.3 is 0 Å². The van der Waals surface area contributed by atoms with Gasteiger partial charge in [-0.25, -0.2) is 0 Å². The van der Waals surface area contributed by atoms with Gasteiger partial charge in [-0.15, -0.1) is 0 Å². The highest BCUT2D eigenvalue weighted by molar-refractivity contribution is 5.96. The molecule has 1 aromatic carbocycles. The molecule has 1 aromatic rings. The Morgan fingerprint density at radius 3 is 2.54 bits per heavy atom. The summed E-state index contributed by atoms with van der Waals surface area (Å²) in [6.45, 7) is 5.40. The maximum atomic E-state index is 12.6. The van der Waals surface area contributed by atoms with E-state index >= 15 is 0 Å². The standard InChI is InChI=1S/C21H30N2O3/c24-20(18-8-2-1-3-9-18)10-6-11-21(25)23-14-7-15-26-19(17-23)16-22-12-4-5-13-22/h1-3,8-9,19H,4-7,10-17H2/t19-/m1/s1. The molecule has 0 bridgehead atoms. The summed E-state index contributed by atoms with van der Waals surface area (Å²) in [5, 5.41) is 0. The third kappa shape index (κ3) is 5.64. The zero-order chi connectivity index (χ0) is 18.2. The molecule has 0 spiro atoms. The average Bonchev–Trinajstić information content (AvgIpc) is 3.06. The number of ketones is 1. The van der Waals surface area contributed by atoms with Crippen molar-refractivity contribution in [1.82, 2.24) is 9.80 Å². The highest BCUT2D eigenvalue weighted by Gasteiger charge is 2.25. The maximum Gasteiger partial charge on any atom is 0.222 e. The van der Waals surface area contributed by atoms with Crippen LogP contribution in [0.15, 0.2) is 30.3 Å². The fourth-order valence-electron chi connectivity index (χ4n) is 3.81. The van der Waals surface area contributed by atoms with Crippen LogP contribution in [0.4, 0.5) is 0 Å². The van der Waals surface area contributed by atoms with Crippen LogP contribution in [0.25, 0.3) is 0 Å². The van der Waals surface area contributed by atoms with E-state index in [0.29, 0.717) is 25.8 Å². The third-order valence-corrected chi connectivity index (χ3v) is 5.25. The van der Waals surface area contributed by atoms with Crippen LogP contribution < -0.4 is 0 Å². The summed E-state index contributed by atoms with van der Waals surface area (Å²) in [7, 11) is 0. The molecule has 142 valence electrons. The zero-order valence-corrected chi connectivity index (χ0v) is 15.6.